The van der Waals surface area contributed by atoms with Crippen LogP contribution in [0.4, 0.5) is 0 Å². The quantitative estimate of drug-likeness (QED) is 0.309. The van der Waals surface area contributed by atoms with E-state index in [0.717, 1.165) is 6.42 Å². The van der Waals surface area contributed by atoms with E-state index >= 15 is 0 Å². The van der Waals surface area contributed by atoms with E-state index in [0.29, 0.717) is 0 Å². The van der Waals surface area contributed by atoms with Crippen LogP contribution in [0.2, 0.25) is 0 Å². The molecule has 0 amide bonds. The van der Waals surface area contributed by atoms with Crippen LogP contribution in [-0.2, 0) is 0 Å². The Morgan fingerprint density at radius 3 is 2.70 bits per heavy atom. The van der Waals surface area contributed by atoms with Crippen molar-refractivity contribution in [3.05, 3.63) is 12.2 Å². The Hall–Kier alpha value is -0.700. The van der Waals surface area contributed by atoms with Gasteiger partial charge < -0.3 is 0 Å². The van der Waals surface area contributed by atoms with Crippen LogP contribution in [0.3, 0.4) is 0 Å². The maximum absolute atomic E-state index is 5.11. The lowest BCUT2D eigenvalue weighted by Gasteiger charge is -1.92. The standard InChI is InChI=1S/C10H16/c1-3-5-7-9-10-8-6-4-2/h1,4,6H,5,7-10H2,2H3/b6-4+. The van der Waals surface area contributed by atoms with Crippen molar-refractivity contribution in [3.63, 3.8) is 0 Å². The molecule has 0 bridgehead atoms. The van der Waals surface area contributed by atoms with Gasteiger partial charge in [-0.2, -0.15) is 0 Å². The molecule has 0 aliphatic carbocycles. The van der Waals surface area contributed by atoms with E-state index in [-0.39, 0.29) is 0 Å². The average molecular weight is 136 g/mol. The molecule has 0 heterocycles. The van der Waals surface area contributed by atoms with Gasteiger partial charge in [-0.15, -0.1) is 12.3 Å². The second-order valence-corrected chi connectivity index (χ2v) is 2.37. The summed E-state index contributed by atoms with van der Waals surface area (Å²) in [5.74, 6) is 2.64. The third-order valence-corrected chi connectivity index (χ3v) is 1.43. The molecule has 0 spiro atoms. The number of rotatable bonds is 5. The van der Waals surface area contributed by atoms with E-state index < -0.39 is 0 Å². The van der Waals surface area contributed by atoms with Gasteiger partial charge in [-0.3, -0.25) is 0 Å². The molecular weight excluding hydrogens is 120 g/mol. The van der Waals surface area contributed by atoms with Crippen LogP contribution in [-0.4, -0.2) is 0 Å². The number of hydrogen-bond donors (Lipinski definition) is 0. The molecule has 0 nitrogen and oxygen atoms in total. The summed E-state index contributed by atoms with van der Waals surface area (Å²) >= 11 is 0. The second kappa shape index (κ2) is 8.30. The smallest absolute Gasteiger partial charge is 0.00860 e. The van der Waals surface area contributed by atoms with E-state index in [1.165, 1.54) is 25.7 Å². The van der Waals surface area contributed by atoms with Gasteiger partial charge in [0.25, 0.3) is 0 Å². The molecule has 0 fully saturated rings. The summed E-state index contributed by atoms with van der Waals surface area (Å²) in [6.07, 6.45) is 15.3. The van der Waals surface area contributed by atoms with Gasteiger partial charge >= 0.3 is 0 Å². The van der Waals surface area contributed by atoms with Crippen molar-refractivity contribution in [1.29, 1.82) is 0 Å². The van der Waals surface area contributed by atoms with Crippen LogP contribution in [0.1, 0.15) is 39.0 Å². The highest BCUT2D eigenvalue weighted by molar-refractivity contribution is 4.83. The van der Waals surface area contributed by atoms with E-state index in [1.54, 1.807) is 0 Å². The normalized spacial score (nSPS) is 10.0. The zero-order valence-electron chi connectivity index (χ0n) is 6.77. The summed E-state index contributed by atoms with van der Waals surface area (Å²) < 4.78 is 0. The molecule has 0 heteroatoms. The lowest BCUT2D eigenvalue weighted by atomic mass is 10.1. The van der Waals surface area contributed by atoms with Gasteiger partial charge in [0.1, 0.15) is 0 Å². The van der Waals surface area contributed by atoms with E-state index in [9.17, 15) is 0 Å². The topological polar surface area (TPSA) is 0 Å². The maximum Gasteiger partial charge on any atom is 0.00860 e. The highest BCUT2D eigenvalue weighted by Crippen LogP contribution is 2.02. The number of unbranched alkanes of at least 4 members (excludes halogenated alkanes) is 4. The first kappa shape index (κ1) is 9.30. The molecule has 0 aliphatic heterocycles. The van der Waals surface area contributed by atoms with Crippen molar-refractivity contribution in [1.82, 2.24) is 0 Å². The zero-order valence-corrected chi connectivity index (χ0v) is 6.77. The van der Waals surface area contributed by atoms with Crippen LogP contribution in [0.5, 0.6) is 0 Å². The van der Waals surface area contributed by atoms with Crippen molar-refractivity contribution >= 4 is 0 Å². The van der Waals surface area contributed by atoms with Gasteiger partial charge in [-0.25, -0.2) is 0 Å². The third-order valence-electron chi connectivity index (χ3n) is 1.43. The predicted octanol–water partition coefficient (Wildman–Crippen LogP) is 3.15. The Morgan fingerprint density at radius 1 is 1.30 bits per heavy atom. The molecule has 0 radical (unpaired) electrons. The molecule has 0 N–H and O–H groups in total. The van der Waals surface area contributed by atoms with E-state index in [2.05, 4.69) is 25.0 Å². The highest BCUT2D eigenvalue weighted by Gasteiger charge is 1.83. The van der Waals surface area contributed by atoms with Gasteiger partial charge in [0.05, 0.1) is 0 Å². The largest absolute Gasteiger partial charge is 0.120 e. The average Bonchev–Trinajstić information content (AvgIpc) is 1.97. The minimum atomic E-state index is 0.940. The summed E-state index contributed by atoms with van der Waals surface area (Å²) in [5.41, 5.74) is 0. The van der Waals surface area contributed by atoms with Crippen LogP contribution < -0.4 is 0 Å². The Morgan fingerprint density at radius 2 is 2.10 bits per heavy atom. The highest BCUT2D eigenvalue weighted by atomic mass is 13.9. The fourth-order valence-corrected chi connectivity index (χ4v) is 0.833. The minimum Gasteiger partial charge on any atom is -0.120 e. The first-order chi connectivity index (χ1) is 4.91. The van der Waals surface area contributed by atoms with Gasteiger partial charge in [0.2, 0.25) is 0 Å². The number of allylic oxidation sites excluding steroid dienone is 2. The number of terminal acetylenes is 1. The molecule has 0 aromatic carbocycles. The molecule has 0 unspecified atom stereocenters. The van der Waals surface area contributed by atoms with E-state index in [1.807, 2.05) is 0 Å². The zero-order chi connectivity index (χ0) is 7.66. The summed E-state index contributed by atoms with van der Waals surface area (Å²) in [6.45, 7) is 2.06. The molecular formula is C10H16. The Kier molecular flexibility index (Phi) is 7.72. The molecule has 56 valence electrons. The summed E-state index contributed by atoms with van der Waals surface area (Å²) in [6, 6.07) is 0. The molecule has 10 heavy (non-hydrogen) atoms. The van der Waals surface area contributed by atoms with Crippen molar-refractivity contribution in [2.45, 2.75) is 39.0 Å². The molecule has 0 saturated carbocycles. The van der Waals surface area contributed by atoms with Gasteiger partial charge in [0.15, 0.2) is 0 Å². The summed E-state index contributed by atoms with van der Waals surface area (Å²) in [7, 11) is 0. The lowest BCUT2D eigenvalue weighted by molar-refractivity contribution is 0.702. The molecule has 0 atom stereocenters. The van der Waals surface area contributed by atoms with Crippen molar-refractivity contribution in [2.24, 2.45) is 0 Å². The van der Waals surface area contributed by atoms with Gasteiger partial charge in [0, 0.05) is 6.42 Å². The van der Waals surface area contributed by atoms with Crippen LogP contribution in [0.25, 0.3) is 0 Å². The van der Waals surface area contributed by atoms with Crippen molar-refractivity contribution in [2.75, 3.05) is 0 Å². The van der Waals surface area contributed by atoms with Crippen molar-refractivity contribution in [3.8, 4) is 12.3 Å². The SMILES string of the molecule is C#CCCCCC/C=C/C. The Bertz CT molecular complexity index is 114. The number of hydrogen-bond acceptors (Lipinski definition) is 0. The predicted molar refractivity (Wildman–Crippen MR) is 46.7 cm³/mol. The van der Waals surface area contributed by atoms with Crippen LogP contribution in [0, 0.1) is 12.3 Å². The van der Waals surface area contributed by atoms with Crippen LogP contribution >= 0.6 is 0 Å². The minimum absolute atomic E-state index is 0.940. The Balaban J connectivity index is 2.85. The molecule has 0 aromatic heterocycles. The van der Waals surface area contributed by atoms with Gasteiger partial charge in [-0.1, -0.05) is 18.6 Å². The van der Waals surface area contributed by atoms with Gasteiger partial charge in [-0.05, 0) is 26.2 Å². The van der Waals surface area contributed by atoms with Crippen LogP contribution in [0.15, 0.2) is 12.2 Å². The summed E-state index contributed by atoms with van der Waals surface area (Å²) in [4.78, 5) is 0. The molecule has 0 rings (SSSR count). The first-order valence-corrected chi connectivity index (χ1v) is 3.96. The fraction of sp³-hybridized carbons (Fsp3) is 0.600. The Labute approximate surface area is 64.3 Å². The van der Waals surface area contributed by atoms with Crippen molar-refractivity contribution < 1.29 is 0 Å². The maximum atomic E-state index is 5.11. The first-order valence-electron chi connectivity index (χ1n) is 3.96. The molecule has 0 aromatic rings. The fourth-order valence-electron chi connectivity index (χ4n) is 0.833. The van der Waals surface area contributed by atoms with E-state index in [4.69, 9.17) is 6.42 Å². The second-order valence-electron chi connectivity index (χ2n) is 2.37. The lowest BCUT2D eigenvalue weighted by Crippen LogP contribution is -1.73. The monoisotopic (exact) mass is 136 g/mol. The third kappa shape index (κ3) is 7.30. The summed E-state index contributed by atoms with van der Waals surface area (Å²) in [5, 5.41) is 0. The molecule has 0 saturated heterocycles. The molecule has 0 aliphatic rings.